The van der Waals surface area contributed by atoms with E-state index in [1.807, 2.05) is 13.8 Å². The van der Waals surface area contributed by atoms with E-state index < -0.39 is 31.1 Å². The van der Waals surface area contributed by atoms with E-state index in [1.165, 1.54) is 13.8 Å². The van der Waals surface area contributed by atoms with Crippen LogP contribution < -0.4 is 0 Å². The molecular formula is C13H22F3O5P. The van der Waals surface area contributed by atoms with Gasteiger partial charge in [-0.2, -0.15) is 13.2 Å². The molecule has 0 saturated carbocycles. The molecule has 0 spiro atoms. The predicted octanol–water partition coefficient (Wildman–Crippen LogP) is 4.45. The number of allylic oxidation sites excluding steroid dienone is 1. The minimum Gasteiger partial charge on any atom is -0.459 e. The van der Waals surface area contributed by atoms with Crippen molar-refractivity contribution in [2.24, 2.45) is 5.92 Å². The number of hydrogen-bond donors (Lipinski definition) is 0. The Balaban J connectivity index is 3.05. The van der Waals surface area contributed by atoms with Gasteiger partial charge < -0.3 is 18.5 Å². The van der Waals surface area contributed by atoms with Crippen LogP contribution in [0.2, 0.25) is 0 Å². The van der Waals surface area contributed by atoms with Crippen molar-refractivity contribution in [2.75, 3.05) is 19.8 Å². The van der Waals surface area contributed by atoms with Crippen LogP contribution in [-0.4, -0.2) is 32.3 Å². The molecule has 0 bridgehead atoms. The molecule has 0 aliphatic carbocycles. The lowest BCUT2D eigenvalue weighted by molar-refractivity contribution is -0.175. The fourth-order valence-electron chi connectivity index (χ4n) is 1.88. The molecule has 1 aliphatic heterocycles. The van der Waals surface area contributed by atoms with E-state index in [1.54, 1.807) is 0 Å². The zero-order valence-electron chi connectivity index (χ0n) is 13.1. The first kappa shape index (κ1) is 19.5. The molecule has 1 aliphatic rings. The molecule has 0 aromatic carbocycles. The van der Waals surface area contributed by atoms with Crippen molar-refractivity contribution in [1.29, 1.82) is 0 Å². The summed E-state index contributed by atoms with van der Waals surface area (Å²) in [6.07, 6.45) is -6.21. The van der Waals surface area contributed by atoms with E-state index in [0.717, 1.165) is 0 Å². The van der Waals surface area contributed by atoms with Crippen LogP contribution in [0.5, 0.6) is 0 Å². The first-order valence-corrected chi connectivity index (χ1v) is 8.66. The summed E-state index contributed by atoms with van der Waals surface area (Å²) >= 11 is 0. The van der Waals surface area contributed by atoms with Gasteiger partial charge in [0.25, 0.3) is 0 Å². The Labute approximate surface area is 128 Å². The largest absolute Gasteiger partial charge is 0.459 e. The van der Waals surface area contributed by atoms with Crippen molar-refractivity contribution in [3.8, 4) is 0 Å². The zero-order chi connectivity index (χ0) is 17.0. The van der Waals surface area contributed by atoms with E-state index in [4.69, 9.17) is 18.5 Å². The third kappa shape index (κ3) is 4.98. The Kier molecular flexibility index (Phi) is 6.92. The lowest BCUT2D eigenvalue weighted by Crippen LogP contribution is -2.19. The van der Waals surface area contributed by atoms with E-state index in [2.05, 4.69) is 0 Å². The summed E-state index contributed by atoms with van der Waals surface area (Å²) < 4.78 is 72.1. The second kappa shape index (κ2) is 7.81. The van der Waals surface area contributed by atoms with Gasteiger partial charge in [0.15, 0.2) is 0 Å². The van der Waals surface area contributed by atoms with Gasteiger partial charge >= 0.3 is 13.8 Å². The van der Waals surface area contributed by atoms with Crippen LogP contribution in [0.1, 0.15) is 34.1 Å². The monoisotopic (exact) mass is 346 g/mol. The second-order valence-electron chi connectivity index (χ2n) is 5.09. The maximum Gasteiger partial charge on any atom is 0.449 e. The molecule has 0 aromatic rings. The average molecular weight is 346 g/mol. The molecule has 130 valence electrons. The molecule has 0 N–H and O–H groups in total. The highest BCUT2D eigenvalue weighted by molar-refractivity contribution is 7.58. The van der Waals surface area contributed by atoms with Gasteiger partial charge in [0.05, 0.1) is 25.1 Å². The highest BCUT2D eigenvalue weighted by Gasteiger charge is 2.51. The molecule has 22 heavy (non-hydrogen) atoms. The fourth-order valence-corrected chi connectivity index (χ4v) is 3.75. The Hall–Kier alpha value is -0.560. The number of halogens is 3. The van der Waals surface area contributed by atoms with E-state index >= 15 is 0 Å². The normalized spacial score (nSPS) is 19.9. The van der Waals surface area contributed by atoms with Gasteiger partial charge in [-0.25, -0.2) is 0 Å². The van der Waals surface area contributed by atoms with Gasteiger partial charge in [-0.15, -0.1) is 0 Å². The summed E-state index contributed by atoms with van der Waals surface area (Å²) in [5, 5.41) is -0.502. The molecular weight excluding hydrogens is 324 g/mol. The molecule has 0 saturated heterocycles. The maximum atomic E-state index is 13.1. The number of hydrogen-bond acceptors (Lipinski definition) is 5. The molecule has 9 heteroatoms. The summed E-state index contributed by atoms with van der Waals surface area (Å²) in [7, 11) is -4.05. The van der Waals surface area contributed by atoms with E-state index in [9.17, 15) is 17.7 Å². The fraction of sp³-hybridized carbons (Fsp3) is 0.846. The van der Waals surface area contributed by atoms with Crippen molar-refractivity contribution in [1.82, 2.24) is 0 Å². The van der Waals surface area contributed by atoms with Crippen LogP contribution in [0.3, 0.4) is 0 Å². The van der Waals surface area contributed by atoms with Gasteiger partial charge in [-0.1, -0.05) is 13.8 Å². The minimum absolute atomic E-state index is 0.0383. The molecule has 0 radical (unpaired) electrons. The molecule has 1 rings (SSSR count). The zero-order valence-corrected chi connectivity index (χ0v) is 14.0. The van der Waals surface area contributed by atoms with Crippen LogP contribution in [0.4, 0.5) is 13.2 Å². The molecule has 1 heterocycles. The van der Waals surface area contributed by atoms with Crippen molar-refractivity contribution >= 4 is 7.60 Å². The minimum atomic E-state index is -4.78. The van der Waals surface area contributed by atoms with Gasteiger partial charge in [-0.05, 0) is 19.8 Å². The van der Waals surface area contributed by atoms with Crippen LogP contribution in [0.15, 0.2) is 11.1 Å². The van der Waals surface area contributed by atoms with E-state index in [0.29, 0.717) is 0 Å². The van der Waals surface area contributed by atoms with Crippen molar-refractivity contribution < 1.29 is 36.3 Å². The predicted molar refractivity (Wildman–Crippen MR) is 74.2 cm³/mol. The molecule has 0 amide bonds. The van der Waals surface area contributed by atoms with Crippen molar-refractivity contribution in [3.05, 3.63) is 11.1 Å². The Morgan fingerprint density at radius 2 is 1.82 bits per heavy atom. The molecule has 5 nitrogen and oxygen atoms in total. The van der Waals surface area contributed by atoms with Gasteiger partial charge in [-0.3, -0.25) is 4.57 Å². The molecule has 0 aromatic heterocycles. The Bertz CT molecular complexity index is 437. The smallest absolute Gasteiger partial charge is 0.449 e. The Morgan fingerprint density at radius 1 is 1.27 bits per heavy atom. The molecule has 1 atom stereocenters. The highest BCUT2D eigenvalue weighted by Crippen LogP contribution is 2.62. The lowest BCUT2D eigenvalue weighted by atomic mass is 10.2. The SMILES string of the molecule is CCOP(=O)(OCC)C1=C(C(F)(F)F)OC(OCC(C)C)C1. The first-order valence-electron chi connectivity index (χ1n) is 7.12. The van der Waals surface area contributed by atoms with Crippen molar-refractivity contribution in [3.63, 3.8) is 0 Å². The number of alkyl halides is 3. The summed E-state index contributed by atoms with van der Waals surface area (Å²) in [5.41, 5.74) is 0. The number of ether oxygens (including phenoxy) is 2. The lowest BCUT2D eigenvalue weighted by Gasteiger charge is -2.18. The maximum absolute atomic E-state index is 13.1. The van der Waals surface area contributed by atoms with Gasteiger partial charge in [0, 0.05) is 6.42 Å². The summed E-state index contributed by atoms with van der Waals surface area (Å²) in [5.74, 6) is -1.20. The topological polar surface area (TPSA) is 54.0 Å². The quantitative estimate of drug-likeness (QED) is 0.608. The average Bonchev–Trinajstić information content (AvgIpc) is 2.81. The second-order valence-corrected chi connectivity index (χ2v) is 7.14. The summed E-state index contributed by atoms with van der Waals surface area (Å²) in [6.45, 7) is 6.94. The first-order chi connectivity index (χ1) is 10.1. The van der Waals surface area contributed by atoms with Crippen LogP contribution in [0.25, 0.3) is 0 Å². The summed E-state index contributed by atoms with van der Waals surface area (Å²) in [6, 6.07) is 0. The van der Waals surface area contributed by atoms with Gasteiger partial charge in [0.2, 0.25) is 12.0 Å². The Morgan fingerprint density at radius 3 is 2.23 bits per heavy atom. The van der Waals surface area contributed by atoms with E-state index in [-0.39, 0.29) is 32.2 Å². The molecule has 1 unspecified atom stereocenters. The van der Waals surface area contributed by atoms with Crippen LogP contribution >= 0.6 is 7.60 Å². The van der Waals surface area contributed by atoms with Crippen LogP contribution in [0, 0.1) is 5.92 Å². The third-order valence-electron chi connectivity index (χ3n) is 2.67. The van der Waals surface area contributed by atoms with Crippen molar-refractivity contribution in [2.45, 2.75) is 46.6 Å². The molecule has 0 fully saturated rings. The number of rotatable bonds is 8. The summed E-state index contributed by atoms with van der Waals surface area (Å²) in [4.78, 5) is 0. The third-order valence-corrected chi connectivity index (χ3v) is 4.92. The standard InChI is InChI=1S/C13H22F3O5P/c1-5-19-22(17,20-6-2)10-7-11(18-8-9(3)4)21-12(10)13(14,15)16/h9,11H,5-8H2,1-4H3. The van der Waals surface area contributed by atoms with Crippen LogP contribution in [-0.2, 0) is 23.1 Å². The highest BCUT2D eigenvalue weighted by atomic mass is 31.2. The van der Waals surface area contributed by atoms with Gasteiger partial charge in [0.1, 0.15) is 0 Å².